The molecule has 0 aromatic carbocycles. The van der Waals surface area contributed by atoms with Crippen molar-refractivity contribution in [1.29, 1.82) is 5.26 Å². The second-order valence-electron chi connectivity index (χ2n) is 4.67. The van der Waals surface area contributed by atoms with Crippen LogP contribution in [0.15, 0.2) is 0 Å². The molecule has 0 aromatic rings. The van der Waals surface area contributed by atoms with Crippen molar-refractivity contribution < 1.29 is 0 Å². The first-order valence-corrected chi connectivity index (χ1v) is 6.09. The van der Waals surface area contributed by atoms with Gasteiger partial charge in [-0.2, -0.15) is 5.26 Å². The summed E-state index contributed by atoms with van der Waals surface area (Å²) in [5, 5.41) is 8.45. The molecule has 0 spiro atoms. The minimum atomic E-state index is 0.579. The van der Waals surface area contributed by atoms with Gasteiger partial charge in [0.25, 0.3) is 0 Å². The van der Waals surface area contributed by atoms with E-state index >= 15 is 0 Å². The lowest BCUT2D eigenvalue weighted by molar-refractivity contribution is 0.120. The van der Waals surface area contributed by atoms with Crippen molar-refractivity contribution in [3.63, 3.8) is 0 Å². The predicted octanol–water partition coefficient (Wildman–Crippen LogP) is 1.74. The van der Waals surface area contributed by atoms with E-state index in [1.54, 1.807) is 0 Å². The Morgan fingerprint density at radius 2 is 2.27 bits per heavy atom. The van der Waals surface area contributed by atoms with Crippen LogP contribution in [-0.2, 0) is 0 Å². The Morgan fingerprint density at radius 1 is 1.47 bits per heavy atom. The van der Waals surface area contributed by atoms with Crippen molar-refractivity contribution in [2.24, 2.45) is 11.7 Å². The third-order valence-corrected chi connectivity index (χ3v) is 3.36. The largest absolute Gasteiger partial charge is 0.329 e. The Labute approximate surface area is 93.2 Å². The first-order valence-electron chi connectivity index (χ1n) is 6.09. The van der Waals surface area contributed by atoms with Gasteiger partial charge in [0.2, 0.25) is 0 Å². The zero-order valence-electron chi connectivity index (χ0n) is 9.78. The molecule has 1 aliphatic rings. The summed E-state index contributed by atoms with van der Waals surface area (Å²) in [7, 11) is 0. The standard InChI is InChI=1S/C12H23N3/c1-11-5-8-15(12(9-11)10-14)7-4-2-3-6-13/h11-12H,2-5,7-10,14H2,1H3. The Hall–Kier alpha value is -0.590. The zero-order valence-corrected chi connectivity index (χ0v) is 9.78. The minimum Gasteiger partial charge on any atom is -0.329 e. The fourth-order valence-corrected chi connectivity index (χ4v) is 2.36. The van der Waals surface area contributed by atoms with Gasteiger partial charge >= 0.3 is 0 Å². The van der Waals surface area contributed by atoms with Gasteiger partial charge in [-0.15, -0.1) is 0 Å². The summed E-state index contributed by atoms with van der Waals surface area (Å²) < 4.78 is 0. The van der Waals surface area contributed by atoms with E-state index in [1.165, 1.54) is 19.4 Å². The van der Waals surface area contributed by atoms with Gasteiger partial charge in [-0.3, -0.25) is 4.90 Å². The number of hydrogen-bond donors (Lipinski definition) is 1. The summed E-state index contributed by atoms with van der Waals surface area (Å²) in [5.74, 6) is 0.828. The molecule has 1 heterocycles. The molecule has 1 saturated heterocycles. The SMILES string of the molecule is CC1CCN(CCCCC#N)C(CN)C1. The molecule has 0 aliphatic carbocycles. The maximum Gasteiger partial charge on any atom is 0.0621 e. The quantitative estimate of drug-likeness (QED) is 0.702. The maximum absolute atomic E-state index is 8.45. The van der Waals surface area contributed by atoms with E-state index in [1.807, 2.05) is 0 Å². The number of nitrogens with two attached hydrogens (primary N) is 1. The van der Waals surface area contributed by atoms with E-state index in [-0.39, 0.29) is 0 Å². The molecule has 2 N–H and O–H groups in total. The van der Waals surface area contributed by atoms with Crippen LogP contribution in [0.4, 0.5) is 0 Å². The van der Waals surface area contributed by atoms with Crippen LogP contribution < -0.4 is 5.73 Å². The molecule has 0 amide bonds. The second-order valence-corrected chi connectivity index (χ2v) is 4.67. The summed E-state index contributed by atoms with van der Waals surface area (Å²) in [6, 6.07) is 2.77. The number of rotatable bonds is 5. The van der Waals surface area contributed by atoms with Crippen LogP contribution in [0.25, 0.3) is 0 Å². The summed E-state index contributed by atoms with van der Waals surface area (Å²) in [6.07, 6.45) is 5.40. The van der Waals surface area contributed by atoms with Crippen molar-refractivity contribution >= 4 is 0 Å². The van der Waals surface area contributed by atoms with Crippen molar-refractivity contribution in [3.8, 4) is 6.07 Å². The highest BCUT2D eigenvalue weighted by molar-refractivity contribution is 4.81. The highest BCUT2D eigenvalue weighted by Crippen LogP contribution is 2.22. The van der Waals surface area contributed by atoms with Gasteiger partial charge in [-0.05, 0) is 44.7 Å². The molecule has 1 fully saturated rings. The van der Waals surface area contributed by atoms with Crippen LogP contribution in [-0.4, -0.2) is 30.6 Å². The highest BCUT2D eigenvalue weighted by Gasteiger charge is 2.24. The molecule has 1 rings (SSSR count). The molecule has 2 unspecified atom stereocenters. The lowest BCUT2D eigenvalue weighted by Gasteiger charge is -2.37. The zero-order chi connectivity index (χ0) is 11.1. The fourth-order valence-electron chi connectivity index (χ4n) is 2.36. The molecule has 0 aromatic heterocycles. The normalized spacial score (nSPS) is 27.5. The predicted molar refractivity (Wildman–Crippen MR) is 62.3 cm³/mol. The lowest BCUT2D eigenvalue weighted by Crippen LogP contribution is -2.46. The first kappa shape index (κ1) is 12.5. The van der Waals surface area contributed by atoms with Gasteiger partial charge in [0.05, 0.1) is 6.07 Å². The average molecular weight is 209 g/mol. The van der Waals surface area contributed by atoms with E-state index < -0.39 is 0 Å². The van der Waals surface area contributed by atoms with E-state index in [4.69, 9.17) is 11.0 Å². The Bertz CT molecular complexity index is 209. The van der Waals surface area contributed by atoms with Crippen molar-refractivity contribution in [1.82, 2.24) is 4.90 Å². The van der Waals surface area contributed by atoms with Crippen LogP contribution in [0.2, 0.25) is 0 Å². The highest BCUT2D eigenvalue weighted by atomic mass is 15.2. The topological polar surface area (TPSA) is 53.0 Å². The molecule has 0 saturated carbocycles. The van der Waals surface area contributed by atoms with Crippen LogP contribution in [0.5, 0.6) is 0 Å². The molecular weight excluding hydrogens is 186 g/mol. The molecular formula is C12H23N3. The lowest BCUT2D eigenvalue weighted by atomic mass is 9.92. The maximum atomic E-state index is 8.45. The van der Waals surface area contributed by atoms with E-state index in [9.17, 15) is 0 Å². The first-order chi connectivity index (χ1) is 7.27. The third-order valence-electron chi connectivity index (χ3n) is 3.36. The van der Waals surface area contributed by atoms with Crippen LogP contribution >= 0.6 is 0 Å². The van der Waals surface area contributed by atoms with Gasteiger partial charge in [0.15, 0.2) is 0 Å². The molecule has 3 heteroatoms. The Morgan fingerprint density at radius 3 is 2.93 bits per heavy atom. The van der Waals surface area contributed by atoms with Crippen LogP contribution in [0.1, 0.15) is 39.0 Å². The van der Waals surface area contributed by atoms with Gasteiger partial charge in [0.1, 0.15) is 0 Å². The van der Waals surface area contributed by atoms with Gasteiger partial charge in [-0.1, -0.05) is 6.92 Å². The summed E-state index contributed by atoms with van der Waals surface area (Å²) >= 11 is 0. The summed E-state index contributed by atoms with van der Waals surface area (Å²) in [6.45, 7) is 5.41. The Balaban J connectivity index is 2.24. The minimum absolute atomic E-state index is 0.579. The monoisotopic (exact) mass is 209 g/mol. The van der Waals surface area contributed by atoms with Crippen LogP contribution in [0, 0.1) is 17.2 Å². The molecule has 0 bridgehead atoms. The van der Waals surface area contributed by atoms with Crippen molar-refractivity contribution in [2.75, 3.05) is 19.6 Å². The van der Waals surface area contributed by atoms with Crippen molar-refractivity contribution in [3.05, 3.63) is 0 Å². The summed E-state index contributed by atoms with van der Waals surface area (Å²) in [5.41, 5.74) is 5.79. The fraction of sp³-hybridized carbons (Fsp3) is 0.917. The number of nitrogens with zero attached hydrogens (tertiary/aromatic N) is 2. The van der Waals surface area contributed by atoms with E-state index in [2.05, 4.69) is 17.9 Å². The van der Waals surface area contributed by atoms with Gasteiger partial charge in [-0.25, -0.2) is 0 Å². The second kappa shape index (κ2) is 6.81. The van der Waals surface area contributed by atoms with Gasteiger partial charge < -0.3 is 5.73 Å². The number of piperidine rings is 1. The average Bonchev–Trinajstić information content (AvgIpc) is 2.26. The van der Waals surface area contributed by atoms with E-state index in [0.29, 0.717) is 12.5 Å². The molecule has 2 atom stereocenters. The Kier molecular flexibility index (Phi) is 5.67. The molecule has 0 radical (unpaired) electrons. The number of unbranched alkanes of at least 4 members (excludes halogenated alkanes) is 2. The summed E-state index contributed by atoms with van der Waals surface area (Å²) in [4.78, 5) is 2.51. The molecule has 1 aliphatic heterocycles. The van der Waals surface area contributed by atoms with Crippen molar-refractivity contribution in [2.45, 2.75) is 45.1 Å². The molecule has 3 nitrogen and oxygen atoms in total. The molecule has 15 heavy (non-hydrogen) atoms. The third kappa shape index (κ3) is 4.19. The number of nitriles is 1. The smallest absolute Gasteiger partial charge is 0.0621 e. The van der Waals surface area contributed by atoms with Gasteiger partial charge in [0, 0.05) is 19.0 Å². The number of likely N-dealkylation sites (tertiary alicyclic amines) is 1. The van der Waals surface area contributed by atoms with E-state index in [0.717, 1.165) is 31.8 Å². The number of hydrogen-bond acceptors (Lipinski definition) is 3. The molecule has 86 valence electrons. The van der Waals surface area contributed by atoms with Crippen LogP contribution in [0.3, 0.4) is 0 Å².